The summed E-state index contributed by atoms with van der Waals surface area (Å²) in [6, 6.07) is -1.55. The van der Waals surface area contributed by atoms with Crippen molar-refractivity contribution in [2.24, 2.45) is 22.2 Å². The Kier molecular flexibility index (Phi) is 20.5. The highest BCUT2D eigenvalue weighted by molar-refractivity contribution is 5.84. The normalized spacial score (nSPS) is 13.6. The maximum Gasteiger partial charge on any atom is 0.328 e. The summed E-state index contributed by atoms with van der Waals surface area (Å²) >= 11 is 0. The molecule has 0 aliphatic rings. The van der Waals surface area contributed by atoms with E-state index < -0.39 is 24.2 Å². The number of hydrogen-bond donors (Lipinski definition) is 5. The number of nitrogens with one attached hydrogen (secondary N) is 1. The first-order chi connectivity index (χ1) is 16.3. The standard InChI is InChI=1S/C25H51N5O4/c1-3-4-5-6-7-8-9-10-11-12-13-14-15-16-23(32)30-22(17-18-29-25(27)28)24(33)34-19-21(26)20(2)31/h20-22,31H,3-19,26H2,1-2H3,(H,30,32)(H4,27,28,29)/t20-,21+,22?/m1/s1. The molecule has 1 amide bonds. The maximum atomic E-state index is 12.4. The molecule has 0 aromatic heterocycles. The van der Waals surface area contributed by atoms with Gasteiger partial charge in [0.2, 0.25) is 5.91 Å². The number of hydrogen-bond acceptors (Lipinski definition) is 6. The van der Waals surface area contributed by atoms with Gasteiger partial charge in [-0.3, -0.25) is 9.79 Å². The van der Waals surface area contributed by atoms with Gasteiger partial charge in [-0.15, -0.1) is 0 Å². The number of nitrogens with two attached hydrogens (primary N) is 3. The summed E-state index contributed by atoms with van der Waals surface area (Å²) in [5.74, 6) is -0.892. The van der Waals surface area contributed by atoms with Gasteiger partial charge in [-0.05, 0) is 19.8 Å². The lowest BCUT2D eigenvalue weighted by Gasteiger charge is -2.20. The predicted molar refractivity (Wildman–Crippen MR) is 138 cm³/mol. The van der Waals surface area contributed by atoms with Crippen molar-refractivity contribution in [3.8, 4) is 0 Å². The van der Waals surface area contributed by atoms with E-state index in [4.69, 9.17) is 21.9 Å². The maximum absolute atomic E-state index is 12.4. The van der Waals surface area contributed by atoms with Crippen LogP contribution in [0.15, 0.2) is 4.99 Å². The molecule has 1 unspecified atom stereocenters. The van der Waals surface area contributed by atoms with E-state index in [9.17, 15) is 14.7 Å². The Hall–Kier alpha value is -1.87. The van der Waals surface area contributed by atoms with Crippen LogP contribution in [-0.4, -0.2) is 54.3 Å². The minimum absolute atomic E-state index is 0.0819. The zero-order valence-electron chi connectivity index (χ0n) is 21.6. The van der Waals surface area contributed by atoms with Crippen LogP contribution in [0.3, 0.4) is 0 Å². The van der Waals surface area contributed by atoms with Crippen LogP contribution < -0.4 is 22.5 Å². The van der Waals surface area contributed by atoms with Gasteiger partial charge in [0, 0.05) is 13.0 Å². The van der Waals surface area contributed by atoms with Gasteiger partial charge in [0.25, 0.3) is 0 Å². The molecule has 0 radical (unpaired) electrons. The molecule has 0 spiro atoms. The molecular formula is C25H51N5O4. The highest BCUT2D eigenvalue weighted by atomic mass is 16.5. The number of aliphatic imine (C=N–C) groups is 1. The first-order valence-corrected chi connectivity index (χ1v) is 13.2. The van der Waals surface area contributed by atoms with E-state index >= 15 is 0 Å². The van der Waals surface area contributed by atoms with Gasteiger partial charge in [-0.25, -0.2) is 4.79 Å². The Balaban J connectivity index is 4.06. The van der Waals surface area contributed by atoms with Crippen molar-refractivity contribution < 1.29 is 19.4 Å². The predicted octanol–water partition coefficient (Wildman–Crippen LogP) is 2.87. The van der Waals surface area contributed by atoms with Crippen LogP contribution in [0.4, 0.5) is 0 Å². The van der Waals surface area contributed by atoms with E-state index in [-0.39, 0.29) is 31.4 Å². The van der Waals surface area contributed by atoms with Crippen molar-refractivity contribution in [3.05, 3.63) is 0 Å². The SMILES string of the molecule is CCCCCCCCCCCCCCCC(=O)NC(CCN=C(N)N)C(=O)OC[C@H](N)[C@@H](C)O. The first kappa shape index (κ1) is 32.1. The molecule has 0 saturated carbocycles. The fourth-order valence-corrected chi connectivity index (χ4v) is 3.56. The van der Waals surface area contributed by atoms with E-state index in [0.29, 0.717) is 6.42 Å². The Bertz CT molecular complexity index is 553. The smallest absolute Gasteiger partial charge is 0.328 e. The lowest BCUT2D eigenvalue weighted by molar-refractivity contribution is -0.149. The Morgan fingerprint density at radius 1 is 0.912 bits per heavy atom. The largest absolute Gasteiger partial charge is 0.462 e. The molecule has 0 fully saturated rings. The number of nitrogens with zero attached hydrogens (tertiary/aromatic N) is 1. The Morgan fingerprint density at radius 3 is 1.88 bits per heavy atom. The van der Waals surface area contributed by atoms with E-state index in [1.54, 1.807) is 0 Å². The van der Waals surface area contributed by atoms with Crippen LogP contribution in [0.1, 0.15) is 110 Å². The summed E-state index contributed by atoms with van der Waals surface area (Å²) in [5, 5.41) is 12.2. The van der Waals surface area contributed by atoms with Crippen molar-refractivity contribution in [3.63, 3.8) is 0 Å². The highest BCUT2D eigenvalue weighted by Gasteiger charge is 2.23. The van der Waals surface area contributed by atoms with Crippen LogP contribution in [0, 0.1) is 0 Å². The quantitative estimate of drug-likeness (QED) is 0.0680. The molecule has 0 heterocycles. The molecule has 9 nitrogen and oxygen atoms in total. The lowest BCUT2D eigenvalue weighted by Crippen LogP contribution is -2.45. The molecule has 0 bridgehead atoms. The van der Waals surface area contributed by atoms with E-state index in [1.165, 1.54) is 71.1 Å². The van der Waals surface area contributed by atoms with Crippen LogP contribution in [0.25, 0.3) is 0 Å². The average molecular weight is 486 g/mol. The van der Waals surface area contributed by atoms with Gasteiger partial charge in [0.1, 0.15) is 12.6 Å². The first-order valence-electron chi connectivity index (χ1n) is 13.2. The van der Waals surface area contributed by atoms with Crippen LogP contribution >= 0.6 is 0 Å². The summed E-state index contributed by atoms with van der Waals surface area (Å²) < 4.78 is 5.16. The van der Waals surface area contributed by atoms with Crippen molar-refractivity contribution >= 4 is 17.8 Å². The number of ether oxygens (including phenoxy) is 1. The molecule has 0 aliphatic carbocycles. The van der Waals surface area contributed by atoms with Crippen molar-refractivity contribution in [2.45, 2.75) is 128 Å². The molecule has 3 atom stereocenters. The van der Waals surface area contributed by atoms with E-state index in [2.05, 4.69) is 17.2 Å². The van der Waals surface area contributed by atoms with Gasteiger partial charge >= 0.3 is 5.97 Å². The zero-order valence-corrected chi connectivity index (χ0v) is 21.6. The molecule has 200 valence electrons. The number of esters is 1. The third-order valence-electron chi connectivity index (χ3n) is 5.88. The van der Waals surface area contributed by atoms with Crippen LogP contribution in [-0.2, 0) is 14.3 Å². The number of rotatable bonds is 22. The minimum Gasteiger partial charge on any atom is -0.462 e. The summed E-state index contributed by atoms with van der Waals surface area (Å²) in [6.45, 7) is 3.81. The van der Waals surface area contributed by atoms with Gasteiger partial charge in [-0.1, -0.05) is 84.0 Å². The summed E-state index contributed by atoms with van der Waals surface area (Å²) in [7, 11) is 0. The second-order valence-electron chi connectivity index (χ2n) is 9.24. The van der Waals surface area contributed by atoms with Gasteiger partial charge < -0.3 is 32.4 Å². The number of carbonyl (C=O) groups is 2. The summed E-state index contributed by atoms with van der Waals surface area (Å²) in [4.78, 5) is 28.6. The molecule has 8 N–H and O–H groups in total. The number of aliphatic hydroxyl groups excluding tert-OH is 1. The van der Waals surface area contributed by atoms with Crippen LogP contribution in [0.2, 0.25) is 0 Å². The van der Waals surface area contributed by atoms with Gasteiger partial charge in [0.05, 0.1) is 12.1 Å². The molecular weight excluding hydrogens is 434 g/mol. The average Bonchev–Trinajstić information content (AvgIpc) is 2.79. The Morgan fingerprint density at radius 2 is 1.41 bits per heavy atom. The number of amides is 1. The minimum atomic E-state index is -0.862. The number of carbonyl (C=O) groups excluding carboxylic acids is 2. The molecule has 34 heavy (non-hydrogen) atoms. The van der Waals surface area contributed by atoms with Crippen LogP contribution in [0.5, 0.6) is 0 Å². The second kappa shape index (κ2) is 21.6. The monoisotopic (exact) mass is 485 g/mol. The molecule has 0 aliphatic heterocycles. The van der Waals surface area contributed by atoms with Gasteiger partial charge in [0.15, 0.2) is 5.96 Å². The summed E-state index contributed by atoms with van der Waals surface area (Å²) in [5.41, 5.74) is 16.4. The molecule has 0 aromatic carbocycles. The Labute approximate surface area is 206 Å². The summed E-state index contributed by atoms with van der Waals surface area (Å²) in [6.07, 6.45) is 15.9. The van der Waals surface area contributed by atoms with Crippen molar-refractivity contribution in [2.75, 3.05) is 13.2 Å². The topological polar surface area (TPSA) is 166 Å². The highest BCUT2D eigenvalue weighted by Crippen LogP contribution is 2.13. The third-order valence-corrected chi connectivity index (χ3v) is 5.88. The fourth-order valence-electron chi connectivity index (χ4n) is 3.56. The second-order valence-corrected chi connectivity index (χ2v) is 9.24. The van der Waals surface area contributed by atoms with Gasteiger partial charge in [-0.2, -0.15) is 0 Å². The molecule has 9 heteroatoms. The van der Waals surface area contributed by atoms with E-state index in [1.807, 2.05) is 0 Å². The molecule has 0 saturated heterocycles. The van der Waals surface area contributed by atoms with E-state index in [0.717, 1.165) is 19.3 Å². The number of guanidine groups is 1. The number of unbranched alkanes of at least 4 members (excludes halogenated alkanes) is 12. The molecule has 0 aromatic rings. The third kappa shape index (κ3) is 19.6. The fraction of sp³-hybridized carbons (Fsp3) is 0.880. The lowest BCUT2D eigenvalue weighted by atomic mass is 10.0. The van der Waals surface area contributed by atoms with Crippen molar-refractivity contribution in [1.29, 1.82) is 0 Å². The zero-order chi connectivity index (χ0) is 25.6. The molecule has 0 rings (SSSR count). The number of aliphatic hydroxyl groups is 1. The van der Waals surface area contributed by atoms with Crippen molar-refractivity contribution in [1.82, 2.24) is 5.32 Å².